The first-order valence-corrected chi connectivity index (χ1v) is 13.3. The molecule has 1 fully saturated rings. The van der Waals surface area contributed by atoms with Crippen LogP contribution < -0.4 is 0 Å². The predicted molar refractivity (Wildman–Crippen MR) is 111 cm³/mol. The van der Waals surface area contributed by atoms with E-state index < -0.39 is 43.6 Å². The molecule has 1 unspecified atom stereocenters. The number of carbonyl (C=O) groups excluding carboxylic acids is 1. The molecule has 1 aliphatic heterocycles. The highest BCUT2D eigenvalue weighted by Crippen LogP contribution is 2.52. The Kier molecular flexibility index (Phi) is 6.45. The summed E-state index contributed by atoms with van der Waals surface area (Å²) in [6.45, 7) is 12.2. The number of carbonyl (C=O) groups is 1. The van der Waals surface area contributed by atoms with Crippen LogP contribution in [-0.2, 0) is 13.9 Å². The zero-order valence-corrected chi connectivity index (χ0v) is 19.9. The standard InChI is InChI=1S/C21H32F3NO4Si/c1-18(2,3)28-17(26)25-16(15-12-10-9-11-13-15)14-27-20(19(25,4)5,21(22,23)24)29-30(6,7)8/h9-13,16H,14H2,1-8H3/t16-,20?/m1/s1. The highest BCUT2D eigenvalue weighted by Gasteiger charge is 2.73. The van der Waals surface area contributed by atoms with Crippen molar-refractivity contribution < 1.29 is 31.9 Å². The second-order valence-corrected chi connectivity index (χ2v) is 14.4. The normalized spacial score (nSPS) is 25.2. The van der Waals surface area contributed by atoms with Crippen LogP contribution in [0.25, 0.3) is 0 Å². The second-order valence-electron chi connectivity index (χ2n) is 9.98. The van der Waals surface area contributed by atoms with Gasteiger partial charge in [-0.3, -0.25) is 4.90 Å². The molecule has 0 N–H and O–H groups in total. The van der Waals surface area contributed by atoms with Gasteiger partial charge < -0.3 is 13.9 Å². The molecule has 0 radical (unpaired) electrons. The van der Waals surface area contributed by atoms with E-state index in [0.717, 1.165) is 4.90 Å². The van der Waals surface area contributed by atoms with Crippen LogP contribution in [0.1, 0.15) is 46.2 Å². The van der Waals surface area contributed by atoms with Crippen LogP contribution in [0.4, 0.5) is 18.0 Å². The summed E-state index contributed by atoms with van der Waals surface area (Å²) >= 11 is 0. The fourth-order valence-electron chi connectivity index (χ4n) is 3.65. The molecule has 5 nitrogen and oxygen atoms in total. The highest BCUT2D eigenvalue weighted by molar-refractivity contribution is 6.69. The van der Waals surface area contributed by atoms with Gasteiger partial charge in [0.1, 0.15) is 11.1 Å². The Labute approximate surface area is 177 Å². The molecule has 0 aliphatic carbocycles. The van der Waals surface area contributed by atoms with Crippen molar-refractivity contribution in [3.8, 4) is 0 Å². The molecule has 9 heteroatoms. The summed E-state index contributed by atoms with van der Waals surface area (Å²) < 4.78 is 60.3. The van der Waals surface area contributed by atoms with Crippen molar-refractivity contribution in [2.24, 2.45) is 0 Å². The number of nitrogens with zero attached hydrogens (tertiary/aromatic N) is 1. The lowest BCUT2D eigenvalue weighted by molar-refractivity contribution is -0.411. The molecule has 1 amide bonds. The van der Waals surface area contributed by atoms with Crippen LogP contribution in [0.5, 0.6) is 0 Å². The van der Waals surface area contributed by atoms with Gasteiger partial charge in [0.2, 0.25) is 0 Å². The maximum atomic E-state index is 14.5. The number of ether oxygens (including phenoxy) is 2. The molecule has 1 aromatic rings. The monoisotopic (exact) mass is 447 g/mol. The summed E-state index contributed by atoms with van der Waals surface area (Å²) in [6.07, 6.45) is -5.73. The first-order chi connectivity index (χ1) is 13.4. The van der Waals surface area contributed by atoms with E-state index in [1.54, 1.807) is 70.7 Å². The van der Waals surface area contributed by atoms with Gasteiger partial charge in [-0.15, -0.1) is 0 Å². The van der Waals surface area contributed by atoms with Crippen molar-refractivity contribution in [1.29, 1.82) is 0 Å². The average molecular weight is 448 g/mol. The third-order valence-electron chi connectivity index (χ3n) is 4.76. The highest BCUT2D eigenvalue weighted by atomic mass is 28.4. The van der Waals surface area contributed by atoms with E-state index in [1.807, 2.05) is 0 Å². The second kappa shape index (κ2) is 7.83. The van der Waals surface area contributed by atoms with E-state index in [-0.39, 0.29) is 6.61 Å². The largest absolute Gasteiger partial charge is 0.444 e. The van der Waals surface area contributed by atoms with Crippen LogP contribution in [-0.4, -0.2) is 49.0 Å². The summed E-state index contributed by atoms with van der Waals surface area (Å²) in [7, 11) is -2.75. The van der Waals surface area contributed by atoms with Gasteiger partial charge in [0.05, 0.1) is 12.6 Å². The van der Waals surface area contributed by atoms with Crippen LogP contribution in [0.15, 0.2) is 30.3 Å². The van der Waals surface area contributed by atoms with E-state index >= 15 is 0 Å². The maximum Gasteiger partial charge on any atom is 0.444 e. The fourth-order valence-corrected chi connectivity index (χ4v) is 4.94. The van der Waals surface area contributed by atoms with Crippen molar-refractivity contribution >= 4 is 14.4 Å². The van der Waals surface area contributed by atoms with Crippen LogP contribution in [0.2, 0.25) is 19.6 Å². The van der Waals surface area contributed by atoms with Crippen molar-refractivity contribution in [1.82, 2.24) is 4.90 Å². The first-order valence-electron chi connectivity index (χ1n) is 9.89. The van der Waals surface area contributed by atoms with E-state index in [4.69, 9.17) is 13.9 Å². The number of morpholine rings is 1. The van der Waals surface area contributed by atoms with Gasteiger partial charge in [0, 0.05) is 0 Å². The molecule has 2 atom stereocenters. The summed E-state index contributed by atoms with van der Waals surface area (Å²) in [6, 6.07) is 8.06. The van der Waals surface area contributed by atoms with E-state index in [9.17, 15) is 18.0 Å². The molecule has 1 saturated heterocycles. The van der Waals surface area contributed by atoms with Gasteiger partial charge in [-0.1, -0.05) is 30.3 Å². The van der Waals surface area contributed by atoms with Crippen molar-refractivity contribution in [2.75, 3.05) is 6.61 Å². The van der Waals surface area contributed by atoms with Crippen LogP contribution in [0, 0.1) is 0 Å². The lowest BCUT2D eigenvalue weighted by atomic mass is 9.85. The SMILES string of the molecule is CC(C)(C)OC(=O)N1[C@@H](c2ccccc2)COC(O[Si](C)(C)C)(C(F)(F)F)C1(C)C. The third-order valence-corrected chi connectivity index (χ3v) is 5.66. The summed E-state index contributed by atoms with van der Waals surface area (Å²) in [5, 5.41) is 0. The minimum Gasteiger partial charge on any atom is -0.444 e. The molecule has 0 spiro atoms. The number of benzene rings is 1. The molecule has 1 aromatic carbocycles. The molecule has 0 aromatic heterocycles. The topological polar surface area (TPSA) is 48.0 Å². The minimum atomic E-state index is -4.88. The lowest BCUT2D eigenvalue weighted by Gasteiger charge is -2.58. The maximum absolute atomic E-state index is 14.5. The van der Waals surface area contributed by atoms with Crippen molar-refractivity contribution in [3.63, 3.8) is 0 Å². The lowest BCUT2D eigenvalue weighted by Crippen LogP contribution is -2.76. The van der Waals surface area contributed by atoms with Gasteiger partial charge >= 0.3 is 12.3 Å². The molecule has 0 bridgehead atoms. The number of hydrogen-bond acceptors (Lipinski definition) is 4. The molecule has 1 heterocycles. The quantitative estimate of drug-likeness (QED) is 0.543. The number of amides is 1. The Morgan fingerprint density at radius 1 is 1.13 bits per heavy atom. The third kappa shape index (κ3) is 4.83. The van der Waals surface area contributed by atoms with Crippen molar-refractivity contribution in [3.05, 3.63) is 35.9 Å². The zero-order chi connectivity index (χ0) is 23.2. The van der Waals surface area contributed by atoms with E-state index in [1.165, 1.54) is 13.8 Å². The minimum absolute atomic E-state index is 0.378. The van der Waals surface area contributed by atoms with Gasteiger partial charge in [0.25, 0.3) is 5.79 Å². The molecular formula is C21H32F3NO4Si. The Hall–Kier alpha value is -1.58. The van der Waals surface area contributed by atoms with Gasteiger partial charge in [0.15, 0.2) is 8.32 Å². The summed E-state index contributed by atoms with van der Waals surface area (Å²) in [5.41, 5.74) is -2.14. The van der Waals surface area contributed by atoms with Gasteiger partial charge in [-0.2, -0.15) is 13.2 Å². The number of alkyl halides is 3. The summed E-state index contributed by atoms with van der Waals surface area (Å²) in [4.78, 5) is 14.4. The van der Waals surface area contributed by atoms with E-state index in [0.29, 0.717) is 5.56 Å². The van der Waals surface area contributed by atoms with Crippen LogP contribution in [0.3, 0.4) is 0 Å². The Balaban J connectivity index is 2.67. The first kappa shape index (κ1) is 24.7. The number of hydrogen-bond donors (Lipinski definition) is 0. The predicted octanol–water partition coefficient (Wildman–Crippen LogP) is 5.88. The van der Waals surface area contributed by atoms with Crippen molar-refractivity contribution in [2.45, 2.75) is 83.4 Å². The number of rotatable bonds is 3. The zero-order valence-electron chi connectivity index (χ0n) is 18.9. The Morgan fingerprint density at radius 3 is 2.10 bits per heavy atom. The number of halogens is 3. The molecule has 170 valence electrons. The van der Waals surface area contributed by atoms with Gasteiger partial charge in [-0.25, -0.2) is 4.79 Å². The van der Waals surface area contributed by atoms with Crippen LogP contribution >= 0.6 is 0 Å². The van der Waals surface area contributed by atoms with Gasteiger partial charge in [-0.05, 0) is 59.8 Å². The molecule has 1 aliphatic rings. The Morgan fingerprint density at radius 2 is 1.67 bits per heavy atom. The van der Waals surface area contributed by atoms with E-state index in [2.05, 4.69) is 0 Å². The Bertz CT molecular complexity index is 756. The molecule has 30 heavy (non-hydrogen) atoms. The summed E-state index contributed by atoms with van der Waals surface area (Å²) in [5.74, 6) is -2.98. The molecule has 2 rings (SSSR count). The average Bonchev–Trinajstić information content (AvgIpc) is 2.53. The molecular weight excluding hydrogens is 415 g/mol. The molecule has 0 saturated carbocycles. The fraction of sp³-hybridized carbons (Fsp3) is 0.667. The smallest absolute Gasteiger partial charge is 0.444 e.